The molecule has 8 nitrogen and oxygen atoms in total. The summed E-state index contributed by atoms with van der Waals surface area (Å²) in [6.07, 6.45) is -1.02. The Morgan fingerprint density at radius 1 is 1.20 bits per heavy atom. The number of aliphatic imine (C=N–C) groups is 1. The maximum Gasteiger partial charge on any atom is 0.513 e. The molecule has 0 aliphatic carbocycles. The standard InChI is InChI=1S/C15H16BrFN2O6/c1-7(2)12(13(20)23-3)19-14(21)18-10-6-11(25-15(22)24-4)8(16)5-9(10)17/h5-7H,1-4H3,(H,18,21). The van der Waals surface area contributed by atoms with Crippen LogP contribution in [-0.2, 0) is 14.3 Å². The second-order valence-electron chi connectivity index (χ2n) is 4.89. The van der Waals surface area contributed by atoms with Crippen LogP contribution >= 0.6 is 15.9 Å². The largest absolute Gasteiger partial charge is 0.513 e. The van der Waals surface area contributed by atoms with Gasteiger partial charge >= 0.3 is 18.2 Å². The van der Waals surface area contributed by atoms with Gasteiger partial charge in [-0.05, 0) is 22.0 Å². The van der Waals surface area contributed by atoms with Gasteiger partial charge in [0.2, 0.25) is 0 Å². The van der Waals surface area contributed by atoms with Crippen LogP contribution in [0.2, 0.25) is 0 Å². The van der Waals surface area contributed by atoms with Crippen LogP contribution in [0, 0.1) is 11.7 Å². The van der Waals surface area contributed by atoms with Crippen LogP contribution in [0.4, 0.5) is 19.7 Å². The van der Waals surface area contributed by atoms with Crippen molar-refractivity contribution in [2.45, 2.75) is 13.8 Å². The summed E-state index contributed by atoms with van der Waals surface area (Å²) in [6, 6.07) is 1.07. The zero-order valence-electron chi connectivity index (χ0n) is 13.9. The molecule has 1 rings (SSSR count). The van der Waals surface area contributed by atoms with E-state index >= 15 is 0 Å². The zero-order valence-corrected chi connectivity index (χ0v) is 15.5. The monoisotopic (exact) mass is 418 g/mol. The van der Waals surface area contributed by atoms with Crippen LogP contribution in [0.1, 0.15) is 13.8 Å². The van der Waals surface area contributed by atoms with Gasteiger partial charge in [0.05, 0.1) is 24.4 Å². The molecule has 1 aromatic rings. The van der Waals surface area contributed by atoms with Crippen LogP contribution in [0.3, 0.4) is 0 Å². The van der Waals surface area contributed by atoms with Gasteiger partial charge in [-0.15, -0.1) is 0 Å². The second kappa shape index (κ2) is 9.11. The third kappa shape index (κ3) is 5.82. The van der Waals surface area contributed by atoms with Gasteiger partial charge in [-0.1, -0.05) is 13.8 Å². The highest BCUT2D eigenvalue weighted by Gasteiger charge is 2.19. The van der Waals surface area contributed by atoms with Crippen LogP contribution in [0.15, 0.2) is 21.6 Å². The first kappa shape index (κ1) is 20.6. The fraction of sp³-hybridized carbons (Fsp3) is 0.333. The quantitative estimate of drug-likeness (QED) is 0.455. The Morgan fingerprint density at radius 2 is 1.84 bits per heavy atom. The first-order chi connectivity index (χ1) is 11.7. The molecule has 25 heavy (non-hydrogen) atoms. The average molecular weight is 419 g/mol. The summed E-state index contributed by atoms with van der Waals surface area (Å²) in [4.78, 5) is 38.3. The van der Waals surface area contributed by atoms with Gasteiger partial charge in [0.25, 0.3) is 0 Å². The van der Waals surface area contributed by atoms with E-state index in [9.17, 15) is 18.8 Å². The maximum absolute atomic E-state index is 14.0. The molecule has 10 heteroatoms. The molecule has 136 valence electrons. The van der Waals surface area contributed by atoms with E-state index in [-0.39, 0.29) is 27.5 Å². The van der Waals surface area contributed by atoms with Gasteiger partial charge in [-0.2, -0.15) is 4.99 Å². The lowest BCUT2D eigenvalue weighted by Gasteiger charge is -2.10. The van der Waals surface area contributed by atoms with E-state index in [2.05, 4.69) is 35.7 Å². The fourth-order valence-electron chi connectivity index (χ4n) is 1.60. The van der Waals surface area contributed by atoms with Gasteiger partial charge < -0.3 is 19.5 Å². The number of nitrogens with zero attached hydrogens (tertiary/aromatic N) is 1. The summed E-state index contributed by atoms with van der Waals surface area (Å²) in [5.74, 6) is -2.04. The molecule has 1 N–H and O–H groups in total. The predicted molar refractivity (Wildman–Crippen MR) is 90.4 cm³/mol. The molecule has 0 spiro atoms. The van der Waals surface area contributed by atoms with E-state index in [1.165, 1.54) is 0 Å². The molecule has 1 aromatic carbocycles. The number of halogens is 2. The molecule has 0 aromatic heterocycles. The molecule has 0 aliphatic rings. The van der Waals surface area contributed by atoms with E-state index in [1.807, 2.05) is 0 Å². The summed E-state index contributed by atoms with van der Waals surface area (Å²) >= 11 is 3.02. The summed E-state index contributed by atoms with van der Waals surface area (Å²) in [5, 5.41) is 2.17. The number of amides is 2. The molecule has 0 heterocycles. The average Bonchev–Trinajstić information content (AvgIpc) is 2.55. The zero-order chi connectivity index (χ0) is 19.1. The summed E-state index contributed by atoms with van der Waals surface area (Å²) in [5.41, 5.74) is -0.424. The summed E-state index contributed by atoms with van der Waals surface area (Å²) in [6.45, 7) is 3.29. The molecule has 0 saturated heterocycles. The van der Waals surface area contributed by atoms with E-state index in [4.69, 9.17) is 4.74 Å². The summed E-state index contributed by atoms with van der Waals surface area (Å²) in [7, 11) is 2.26. The topological polar surface area (TPSA) is 103 Å². The highest BCUT2D eigenvalue weighted by Crippen LogP contribution is 2.31. The van der Waals surface area contributed by atoms with Crippen molar-refractivity contribution in [3.8, 4) is 5.75 Å². The van der Waals surface area contributed by atoms with Crippen molar-refractivity contribution in [3.63, 3.8) is 0 Å². The summed E-state index contributed by atoms with van der Waals surface area (Å²) < 4.78 is 27.8. The van der Waals surface area contributed by atoms with Crippen molar-refractivity contribution in [2.75, 3.05) is 19.5 Å². The Labute approximate surface area is 151 Å². The number of hydrogen-bond donors (Lipinski definition) is 1. The highest BCUT2D eigenvalue weighted by molar-refractivity contribution is 9.10. The van der Waals surface area contributed by atoms with Crippen LogP contribution in [0.25, 0.3) is 0 Å². The molecule has 0 bridgehead atoms. The van der Waals surface area contributed by atoms with Gasteiger partial charge in [0, 0.05) is 12.0 Å². The number of carbonyl (C=O) groups excluding carboxylic acids is 3. The number of rotatable bonds is 4. The number of benzene rings is 1. The minimum absolute atomic E-state index is 0.0791. The number of methoxy groups -OCH3 is 2. The molecule has 0 atom stereocenters. The van der Waals surface area contributed by atoms with Crippen molar-refractivity contribution in [1.29, 1.82) is 0 Å². The van der Waals surface area contributed by atoms with E-state index in [0.29, 0.717) is 0 Å². The maximum atomic E-state index is 14.0. The minimum atomic E-state index is -1.02. The normalized spacial score (nSPS) is 11.1. The predicted octanol–water partition coefficient (Wildman–Crippen LogP) is 3.54. The lowest BCUT2D eigenvalue weighted by atomic mass is 10.1. The van der Waals surface area contributed by atoms with Gasteiger partial charge in [0.15, 0.2) is 5.75 Å². The Kier molecular flexibility index (Phi) is 7.49. The first-order valence-electron chi connectivity index (χ1n) is 6.92. The second-order valence-corrected chi connectivity index (χ2v) is 5.75. The molecule has 0 radical (unpaired) electrons. The Hall–Kier alpha value is -2.49. The third-order valence-electron chi connectivity index (χ3n) is 2.79. The van der Waals surface area contributed by atoms with Crippen LogP contribution < -0.4 is 10.1 Å². The lowest BCUT2D eigenvalue weighted by Crippen LogP contribution is -2.24. The smallest absolute Gasteiger partial charge is 0.465 e. The highest BCUT2D eigenvalue weighted by atomic mass is 79.9. The van der Waals surface area contributed by atoms with Gasteiger partial charge in [0.1, 0.15) is 11.5 Å². The molecule has 2 amide bonds. The van der Waals surface area contributed by atoms with E-state index < -0.39 is 24.0 Å². The molecule has 0 aliphatic heterocycles. The van der Waals surface area contributed by atoms with Crippen molar-refractivity contribution in [2.24, 2.45) is 10.9 Å². The van der Waals surface area contributed by atoms with Crippen molar-refractivity contribution >= 4 is 45.5 Å². The number of nitrogens with one attached hydrogen (secondary N) is 1. The van der Waals surface area contributed by atoms with Crippen LogP contribution in [0.5, 0.6) is 5.75 Å². The van der Waals surface area contributed by atoms with Crippen LogP contribution in [-0.4, -0.2) is 38.1 Å². The lowest BCUT2D eigenvalue weighted by molar-refractivity contribution is -0.133. The third-order valence-corrected chi connectivity index (χ3v) is 3.41. The number of anilines is 1. The van der Waals surface area contributed by atoms with E-state index in [1.54, 1.807) is 13.8 Å². The van der Waals surface area contributed by atoms with Crippen molar-refractivity contribution < 1.29 is 33.0 Å². The van der Waals surface area contributed by atoms with Gasteiger partial charge in [-0.3, -0.25) is 0 Å². The number of urea groups is 1. The molecule has 0 saturated carbocycles. The van der Waals surface area contributed by atoms with Gasteiger partial charge in [-0.25, -0.2) is 18.8 Å². The first-order valence-corrected chi connectivity index (χ1v) is 7.71. The number of carbonyl (C=O) groups is 3. The number of ether oxygens (including phenoxy) is 3. The number of hydrogen-bond acceptors (Lipinski definition) is 6. The Bertz CT molecular complexity index is 720. The Morgan fingerprint density at radius 3 is 2.36 bits per heavy atom. The van der Waals surface area contributed by atoms with Crippen molar-refractivity contribution in [1.82, 2.24) is 0 Å². The minimum Gasteiger partial charge on any atom is -0.465 e. The number of esters is 1. The molecule has 0 fully saturated rings. The van der Waals surface area contributed by atoms with E-state index in [0.717, 1.165) is 26.4 Å². The molecule has 0 unspecified atom stereocenters. The molecular weight excluding hydrogens is 403 g/mol. The Balaban J connectivity index is 3.09. The van der Waals surface area contributed by atoms with Crippen molar-refractivity contribution in [3.05, 3.63) is 22.4 Å². The molecular formula is C15H16BrFN2O6. The fourth-order valence-corrected chi connectivity index (χ4v) is 2.00. The SMILES string of the molecule is COC(=O)Oc1cc(NC(=O)N=C(C(=O)OC)C(C)C)c(F)cc1Br.